The molecule has 0 saturated carbocycles. The third kappa shape index (κ3) is 2.67. The highest BCUT2D eigenvalue weighted by atomic mass is 32.1. The van der Waals surface area contributed by atoms with Crippen molar-refractivity contribution in [3.8, 4) is 19.6 Å². The molecular formula is C14H11NO2S3. The number of thiazole rings is 1. The zero-order valence-corrected chi connectivity index (χ0v) is 13.1. The predicted molar refractivity (Wildman–Crippen MR) is 84.7 cm³/mol. The van der Waals surface area contributed by atoms with Gasteiger partial charge in [-0.25, -0.2) is 9.78 Å². The van der Waals surface area contributed by atoms with Crippen LogP contribution in [0.3, 0.4) is 0 Å². The number of carbonyl (C=O) groups is 1. The Morgan fingerprint density at radius 1 is 1.20 bits per heavy atom. The Morgan fingerprint density at radius 3 is 2.80 bits per heavy atom. The number of ether oxygens (including phenoxy) is 1. The van der Waals surface area contributed by atoms with Gasteiger partial charge in [-0.3, -0.25) is 0 Å². The van der Waals surface area contributed by atoms with Crippen LogP contribution in [0.2, 0.25) is 0 Å². The van der Waals surface area contributed by atoms with E-state index >= 15 is 0 Å². The van der Waals surface area contributed by atoms with Gasteiger partial charge in [-0.15, -0.1) is 34.0 Å². The maximum absolute atomic E-state index is 11.6. The number of rotatable bonds is 4. The lowest BCUT2D eigenvalue weighted by molar-refractivity contribution is 0.0532. The second-order valence-electron chi connectivity index (χ2n) is 3.89. The van der Waals surface area contributed by atoms with Crippen molar-refractivity contribution in [2.24, 2.45) is 0 Å². The van der Waals surface area contributed by atoms with Crippen LogP contribution in [0.25, 0.3) is 19.6 Å². The number of hydrogen-bond donors (Lipinski definition) is 0. The Morgan fingerprint density at radius 2 is 2.05 bits per heavy atom. The maximum atomic E-state index is 11.6. The predicted octanol–water partition coefficient (Wildman–Crippen LogP) is 4.78. The van der Waals surface area contributed by atoms with Crippen LogP contribution in [0, 0.1) is 0 Å². The molecule has 0 aliphatic rings. The van der Waals surface area contributed by atoms with Crippen LogP contribution in [0.4, 0.5) is 0 Å². The molecule has 102 valence electrons. The lowest BCUT2D eigenvalue weighted by Gasteiger charge is -1.95. The first-order valence-electron chi connectivity index (χ1n) is 6.05. The first kappa shape index (κ1) is 13.5. The topological polar surface area (TPSA) is 39.2 Å². The lowest BCUT2D eigenvalue weighted by atomic mass is 10.4. The van der Waals surface area contributed by atoms with Gasteiger partial charge in [0.1, 0.15) is 9.88 Å². The van der Waals surface area contributed by atoms with Gasteiger partial charge >= 0.3 is 5.97 Å². The Bertz CT molecular complexity index is 712. The van der Waals surface area contributed by atoms with Crippen LogP contribution >= 0.6 is 34.0 Å². The Kier molecular flexibility index (Phi) is 3.95. The summed E-state index contributed by atoms with van der Waals surface area (Å²) in [4.78, 5) is 20.1. The number of hydrogen-bond acceptors (Lipinski definition) is 6. The molecule has 0 aliphatic heterocycles. The van der Waals surface area contributed by atoms with Crippen LogP contribution in [-0.2, 0) is 4.74 Å². The molecule has 0 fully saturated rings. The Labute approximate surface area is 128 Å². The molecule has 0 amide bonds. The Hall–Kier alpha value is -1.50. The van der Waals surface area contributed by atoms with E-state index in [2.05, 4.69) is 22.5 Å². The summed E-state index contributed by atoms with van der Waals surface area (Å²) in [5.74, 6) is -0.300. The summed E-state index contributed by atoms with van der Waals surface area (Å²) in [6.45, 7) is 2.18. The average Bonchev–Trinajstić information content (AvgIpc) is 3.19. The lowest BCUT2D eigenvalue weighted by Crippen LogP contribution is -2.01. The van der Waals surface area contributed by atoms with Gasteiger partial charge in [0.25, 0.3) is 0 Å². The zero-order chi connectivity index (χ0) is 13.9. The van der Waals surface area contributed by atoms with Gasteiger partial charge in [0.2, 0.25) is 0 Å². The average molecular weight is 321 g/mol. The molecular weight excluding hydrogens is 310 g/mol. The largest absolute Gasteiger partial charge is 0.462 e. The van der Waals surface area contributed by atoms with Crippen molar-refractivity contribution in [1.29, 1.82) is 0 Å². The van der Waals surface area contributed by atoms with Crippen LogP contribution in [0.5, 0.6) is 0 Å². The molecule has 0 unspecified atom stereocenters. The van der Waals surface area contributed by atoms with Crippen molar-refractivity contribution in [2.45, 2.75) is 6.92 Å². The van der Waals surface area contributed by atoms with Crippen molar-refractivity contribution < 1.29 is 9.53 Å². The van der Waals surface area contributed by atoms with Crippen LogP contribution in [0.1, 0.15) is 16.6 Å². The second kappa shape index (κ2) is 5.87. The van der Waals surface area contributed by atoms with E-state index in [1.54, 1.807) is 35.8 Å². The molecule has 20 heavy (non-hydrogen) atoms. The number of thiophene rings is 2. The third-order valence-corrected chi connectivity index (χ3v) is 5.86. The molecule has 6 heteroatoms. The molecule has 0 saturated heterocycles. The van der Waals surface area contributed by atoms with E-state index in [-0.39, 0.29) is 5.97 Å². The fraction of sp³-hybridized carbons (Fsp3) is 0.143. The minimum atomic E-state index is -0.300. The fourth-order valence-electron chi connectivity index (χ4n) is 1.69. The van der Waals surface area contributed by atoms with Gasteiger partial charge in [0, 0.05) is 9.75 Å². The van der Waals surface area contributed by atoms with Gasteiger partial charge in [-0.05, 0) is 30.5 Å². The summed E-state index contributed by atoms with van der Waals surface area (Å²) in [6, 6.07) is 8.29. The van der Waals surface area contributed by atoms with E-state index in [1.807, 2.05) is 12.1 Å². The molecule has 0 atom stereocenters. The molecule has 0 aromatic carbocycles. The molecule has 0 N–H and O–H groups in total. The van der Waals surface area contributed by atoms with Crippen molar-refractivity contribution in [3.63, 3.8) is 0 Å². The summed E-state index contributed by atoms with van der Waals surface area (Å²) < 4.78 is 4.98. The van der Waals surface area contributed by atoms with Gasteiger partial charge in [-0.2, -0.15) is 0 Å². The first-order valence-corrected chi connectivity index (χ1v) is 8.56. The van der Waals surface area contributed by atoms with Gasteiger partial charge in [-0.1, -0.05) is 6.07 Å². The van der Waals surface area contributed by atoms with Gasteiger partial charge in [0.15, 0.2) is 0 Å². The zero-order valence-electron chi connectivity index (χ0n) is 10.7. The first-order chi connectivity index (χ1) is 9.78. The summed E-state index contributed by atoms with van der Waals surface area (Å²) in [5.41, 5.74) is 0. The van der Waals surface area contributed by atoms with E-state index in [9.17, 15) is 4.79 Å². The van der Waals surface area contributed by atoms with Crippen molar-refractivity contribution in [3.05, 3.63) is 40.7 Å². The number of carbonyl (C=O) groups excluding carboxylic acids is 1. The van der Waals surface area contributed by atoms with E-state index in [0.717, 1.165) is 9.88 Å². The highest BCUT2D eigenvalue weighted by Gasteiger charge is 2.14. The standard InChI is InChI=1S/C14H11NO2S3/c1-2-17-14(16)12-8-15-13(20-12)11-6-5-10(19-11)9-4-3-7-18-9/h3-8H,2H2,1H3. The van der Waals surface area contributed by atoms with Crippen molar-refractivity contribution in [2.75, 3.05) is 6.61 Å². The normalized spacial score (nSPS) is 10.7. The van der Waals surface area contributed by atoms with E-state index in [1.165, 1.54) is 21.1 Å². The molecule has 0 bridgehead atoms. The Balaban J connectivity index is 1.85. The van der Waals surface area contributed by atoms with Crippen molar-refractivity contribution in [1.82, 2.24) is 4.98 Å². The van der Waals surface area contributed by atoms with Crippen LogP contribution in [0.15, 0.2) is 35.8 Å². The molecule has 0 spiro atoms. The van der Waals surface area contributed by atoms with Crippen LogP contribution < -0.4 is 0 Å². The SMILES string of the molecule is CCOC(=O)c1cnc(-c2ccc(-c3cccs3)s2)s1. The molecule has 3 rings (SSSR count). The van der Waals surface area contributed by atoms with E-state index in [0.29, 0.717) is 11.5 Å². The number of esters is 1. The molecule has 0 radical (unpaired) electrons. The van der Waals surface area contributed by atoms with Gasteiger partial charge < -0.3 is 4.74 Å². The van der Waals surface area contributed by atoms with Crippen LogP contribution in [-0.4, -0.2) is 17.6 Å². The summed E-state index contributed by atoms with van der Waals surface area (Å²) >= 11 is 4.78. The van der Waals surface area contributed by atoms with Crippen molar-refractivity contribution >= 4 is 40.0 Å². The molecule has 3 aromatic rings. The van der Waals surface area contributed by atoms with E-state index in [4.69, 9.17) is 4.74 Å². The molecule has 3 heterocycles. The maximum Gasteiger partial charge on any atom is 0.349 e. The summed E-state index contributed by atoms with van der Waals surface area (Å²) in [6.07, 6.45) is 1.59. The minimum absolute atomic E-state index is 0.300. The quantitative estimate of drug-likeness (QED) is 0.649. The highest BCUT2D eigenvalue weighted by Crippen LogP contribution is 2.37. The molecule has 3 aromatic heterocycles. The smallest absolute Gasteiger partial charge is 0.349 e. The molecule has 0 aliphatic carbocycles. The monoisotopic (exact) mass is 321 g/mol. The minimum Gasteiger partial charge on any atom is -0.462 e. The van der Waals surface area contributed by atoms with Gasteiger partial charge in [0.05, 0.1) is 17.7 Å². The number of aromatic nitrogens is 1. The summed E-state index contributed by atoms with van der Waals surface area (Å²) in [7, 11) is 0. The highest BCUT2D eigenvalue weighted by molar-refractivity contribution is 7.26. The molecule has 3 nitrogen and oxygen atoms in total. The summed E-state index contributed by atoms with van der Waals surface area (Å²) in [5, 5.41) is 2.93. The van der Waals surface area contributed by atoms with E-state index < -0.39 is 0 Å². The fourth-order valence-corrected chi connectivity index (χ4v) is 4.40. The second-order valence-corrected chi connectivity index (χ2v) is 6.95. The third-order valence-electron chi connectivity index (χ3n) is 2.56. The number of nitrogens with zero attached hydrogens (tertiary/aromatic N) is 1.